The third-order valence-electron chi connectivity index (χ3n) is 7.75. The fourth-order valence-electron chi connectivity index (χ4n) is 5.11. The fourth-order valence-corrected chi connectivity index (χ4v) is 6.08. The SMILES string of the molecule is C[C@]1(C(N)=O)COc2c1cc([C@@](O)(CNC(=O)c1cc(F)c3nc(N)sc3c1)C1CC1)nc2-c1ccc(F)c(Cl)c1. The molecule has 2 aliphatic rings. The Morgan fingerprint density at radius 1 is 1.22 bits per heavy atom. The van der Waals surface area contributed by atoms with Crippen LogP contribution >= 0.6 is 22.9 Å². The Morgan fingerprint density at radius 3 is 2.66 bits per heavy atom. The number of halogens is 3. The average molecular weight is 600 g/mol. The van der Waals surface area contributed by atoms with Gasteiger partial charge in [0.2, 0.25) is 5.91 Å². The summed E-state index contributed by atoms with van der Waals surface area (Å²) in [7, 11) is 0. The largest absolute Gasteiger partial charge is 0.489 e. The minimum Gasteiger partial charge on any atom is -0.489 e. The number of nitrogens with two attached hydrogens (primary N) is 2. The summed E-state index contributed by atoms with van der Waals surface area (Å²) in [4.78, 5) is 34.3. The number of carbonyl (C=O) groups is 2. The van der Waals surface area contributed by atoms with Crippen molar-refractivity contribution in [3.63, 3.8) is 0 Å². The summed E-state index contributed by atoms with van der Waals surface area (Å²) in [5, 5.41) is 14.8. The van der Waals surface area contributed by atoms with E-state index in [9.17, 15) is 23.5 Å². The minimum atomic E-state index is -1.66. The predicted molar refractivity (Wildman–Crippen MR) is 150 cm³/mol. The zero-order chi connectivity index (χ0) is 29.3. The van der Waals surface area contributed by atoms with E-state index in [4.69, 9.17) is 32.8 Å². The molecule has 9 nitrogen and oxygen atoms in total. The Morgan fingerprint density at radius 2 is 1.98 bits per heavy atom. The summed E-state index contributed by atoms with van der Waals surface area (Å²) in [5.74, 6) is -2.56. The van der Waals surface area contributed by atoms with E-state index in [-0.39, 0.29) is 57.4 Å². The summed E-state index contributed by atoms with van der Waals surface area (Å²) < 4.78 is 34.9. The number of ether oxygens (including phenoxy) is 1. The van der Waals surface area contributed by atoms with Crippen LogP contribution in [0.3, 0.4) is 0 Å². The van der Waals surface area contributed by atoms with Crippen LogP contribution in [0.1, 0.15) is 41.4 Å². The molecule has 1 saturated carbocycles. The Balaban J connectivity index is 1.41. The number of primary amides is 1. The second-order valence-electron chi connectivity index (χ2n) is 10.6. The Bertz CT molecular complexity index is 1760. The quantitative estimate of drug-likeness (QED) is 0.250. The number of rotatable bonds is 7. The zero-order valence-electron chi connectivity index (χ0n) is 21.6. The first-order chi connectivity index (χ1) is 19.4. The van der Waals surface area contributed by atoms with Crippen LogP contribution in [0.2, 0.25) is 5.02 Å². The number of thiazole rings is 1. The van der Waals surface area contributed by atoms with Crippen molar-refractivity contribution in [1.82, 2.24) is 15.3 Å². The van der Waals surface area contributed by atoms with E-state index in [1.54, 1.807) is 13.0 Å². The predicted octanol–water partition coefficient (Wildman–Crippen LogP) is 4.04. The normalized spacial score (nSPS) is 19.4. The molecule has 0 spiro atoms. The van der Waals surface area contributed by atoms with Crippen LogP contribution < -0.4 is 21.5 Å². The first kappa shape index (κ1) is 27.3. The lowest BCUT2D eigenvalue weighted by Gasteiger charge is -2.30. The van der Waals surface area contributed by atoms with E-state index < -0.39 is 34.5 Å². The van der Waals surface area contributed by atoms with Gasteiger partial charge in [0, 0.05) is 16.7 Å². The van der Waals surface area contributed by atoms with Crippen molar-refractivity contribution in [3.05, 3.63) is 69.9 Å². The molecule has 1 aliphatic heterocycles. The number of aliphatic hydroxyl groups is 1. The maximum atomic E-state index is 14.6. The molecule has 0 unspecified atom stereocenters. The molecular weight excluding hydrogens is 576 g/mol. The number of benzene rings is 2. The van der Waals surface area contributed by atoms with Gasteiger partial charge in [0.25, 0.3) is 5.91 Å². The zero-order valence-corrected chi connectivity index (χ0v) is 23.2. The third kappa shape index (κ3) is 4.55. The number of amides is 2. The van der Waals surface area contributed by atoms with Gasteiger partial charge >= 0.3 is 0 Å². The Labute approximate surface area is 241 Å². The first-order valence-electron chi connectivity index (χ1n) is 12.7. The van der Waals surface area contributed by atoms with Gasteiger partial charge in [-0.2, -0.15) is 0 Å². The number of carbonyl (C=O) groups excluding carboxylic acids is 2. The van der Waals surface area contributed by atoms with Crippen LogP contribution in [0.5, 0.6) is 5.75 Å². The van der Waals surface area contributed by atoms with Crippen LogP contribution in [-0.4, -0.2) is 40.0 Å². The number of nitrogen functional groups attached to an aromatic ring is 1. The molecule has 6 N–H and O–H groups in total. The molecule has 2 aromatic heterocycles. The lowest BCUT2D eigenvalue weighted by molar-refractivity contribution is -0.123. The molecule has 0 bridgehead atoms. The number of nitrogens with one attached hydrogen (secondary N) is 1. The molecule has 0 radical (unpaired) electrons. The van der Waals surface area contributed by atoms with Crippen molar-refractivity contribution >= 4 is 50.1 Å². The van der Waals surface area contributed by atoms with E-state index in [0.717, 1.165) is 17.4 Å². The summed E-state index contributed by atoms with van der Waals surface area (Å²) in [6, 6.07) is 8.13. The summed E-state index contributed by atoms with van der Waals surface area (Å²) >= 11 is 7.10. The number of hydrogen-bond acceptors (Lipinski definition) is 8. The molecule has 1 aliphatic carbocycles. The van der Waals surface area contributed by atoms with Crippen molar-refractivity contribution in [2.45, 2.75) is 30.8 Å². The monoisotopic (exact) mass is 599 g/mol. The molecule has 41 heavy (non-hydrogen) atoms. The van der Waals surface area contributed by atoms with Crippen molar-refractivity contribution in [3.8, 4) is 17.0 Å². The molecule has 13 heteroatoms. The lowest BCUT2D eigenvalue weighted by atomic mass is 9.81. The first-order valence-corrected chi connectivity index (χ1v) is 13.9. The maximum Gasteiger partial charge on any atom is 0.251 e. The van der Waals surface area contributed by atoms with Gasteiger partial charge in [-0.15, -0.1) is 0 Å². The van der Waals surface area contributed by atoms with Crippen molar-refractivity contribution in [2.75, 3.05) is 18.9 Å². The molecule has 3 heterocycles. The number of anilines is 1. The number of hydrogen-bond donors (Lipinski definition) is 4. The van der Waals surface area contributed by atoms with Crippen LogP contribution in [0.15, 0.2) is 36.4 Å². The highest BCUT2D eigenvalue weighted by Gasteiger charge is 2.50. The number of fused-ring (bicyclic) bond motifs is 2. The molecular formula is C28H24ClF2N5O4S. The standard InChI is InChI=1S/C28H24ClF2N5O4S/c1-27(25(32)38)11-40-23-15(27)9-20(35-21(23)12-2-5-17(30)16(29)6-12)28(39,14-3-4-14)10-34-24(37)13-7-18(31)22-19(8-13)41-26(33)36-22/h2,5-9,14,39H,3-4,10-11H2,1H3,(H2,32,38)(H2,33,36)(H,34,37)/t27-,28+/m0/s1. The fraction of sp³-hybridized carbons (Fsp3) is 0.286. The van der Waals surface area contributed by atoms with Gasteiger partial charge in [-0.3, -0.25) is 9.59 Å². The van der Waals surface area contributed by atoms with Crippen LogP contribution in [-0.2, 0) is 15.8 Å². The van der Waals surface area contributed by atoms with Crippen molar-refractivity contribution < 1.29 is 28.2 Å². The van der Waals surface area contributed by atoms with Gasteiger partial charge in [0.05, 0.1) is 22.0 Å². The molecule has 4 aromatic rings. The van der Waals surface area contributed by atoms with E-state index >= 15 is 0 Å². The summed E-state index contributed by atoms with van der Waals surface area (Å²) in [6.45, 7) is 1.31. The van der Waals surface area contributed by atoms with Crippen LogP contribution in [0, 0.1) is 17.6 Å². The highest BCUT2D eigenvalue weighted by molar-refractivity contribution is 7.22. The van der Waals surface area contributed by atoms with Crippen LogP contribution in [0.25, 0.3) is 21.5 Å². The number of nitrogens with zero attached hydrogens (tertiary/aromatic N) is 2. The second kappa shape index (κ2) is 9.61. The topological polar surface area (TPSA) is 153 Å². The molecule has 1 fully saturated rings. The molecule has 212 valence electrons. The smallest absolute Gasteiger partial charge is 0.251 e. The average Bonchev–Trinajstić information content (AvgIpc) is 3.64. The maximum absolute atomic E-state index is 14.6. The molecule has 0 saturated heterocycles. The van der Waals surface area contributed by atoms with E-state index in [1.807, 2.05) is 0 Å². The van der Waals surface area contributed by atoms with Gasteiger partial charge in [-0.05, 0) is 62.1 Å². The van der Waals surface area contributed by atoms with E-state index in [0.29, 0.717) is 28.7 Å². The Hall–Kier alpha value is -3.87. The van der Waals surface area contributed by atoms with Gasteiger partial charge in [0.15, 0.2) is 10.9 Å². The number of aromatic nitrogens is 2. The van der Waals surface area contributed by atoms with Gasteiger partial charge in [-0.1, -0.05) is 22.9 Å². The summed E-state index contributed by atoms with van der Waals surface area (Å²) in [5.41, 5.74) is 9.88. The lowest BCUT2D eigenvalue weighted by Crippen LogP contribution is -2.44. The van der Waals surface area contributed by atoms with Crippen molar-refractivity contribution in [2.24, 2.45) is 11.7 Å². The van der Waals surface area contributed by atoms with Gasteiger partial charge < -0.3 is 26.6 Å². The highest BCUT2D eigenvalue weighted by Crippen LogP contribution is 2.50. The molecule has 2 amide bonds. The Kier molecular flexibility index (Phi) is 6.40. The summed E-state index contributed by atoms with van der Waals surface area (Å²) in [6.07, 6.45) is 1.32. The second-order valence-corrected chi connectivity index (χ2v) is 12.1. The van der Waals surface area contributed by atoms with Crippen LogP contribution in [0.4, 0.5) is 13.9 Å². The molecule has 2 aromatic carbocycles. The highest BCUT2D eigenvalue weighted by atomic mass is 35.5. The van der Waals surface area contributed by atoms with Gasteiger partial charge in [0.1, 0.15) is 40.4 Å². The van der Waals surface area contributed by atoms with E-state index in [1.165, 1.54) is 24.3 Å². The van der Waals surface area contributed by atoms with Gasteiger partial charge in [-0.25, -0.2) is 18.7 Å². The molecule has 6 rings (SSSR count). The third-order valence-corrected chi connectivity index (χ3v) is 8.87. The minimum absolute atomic E-state index is 0.0371. The van der Waals surface area contributed by atoms with Crippen molar-refractivity contribution in [1.29, 1.82) is 0 Å². The van der Waals surface area contributed by atoms with E-state index in [2.05, 4.69) is 10.3 Å². The number of pyridine rings is 1. The molecule has 2 atom stereocenters.